The molecule has 1 aliphatic rings. The molecule has 0 bridgehead atoms. The SMILES string of the molecule is Cc1cccc(-n2nc(C(=O)N3CCC[C@@H](N)C3)cc2-c2ccc(C#N)cc2)c1. The van der Waals surface area contributed by atoms with E-state index in [1.807, 2.05) is 49.4 Å². The van der Waals surface area contributed by atoms with Gasteiger partial charge in [0, 0.05) is 24.7 Å². The van der Waals surface area contributed by atoms with Gasteiger partial charge in [-0.05, 0) is 55.7 Å². The van der Waals surface area contributed by atoms with E-state index in [4.69, 9.17) is 11.0 Å². The summed E-state index contributed by atoms with van der Waals surface area (Å²) in [7, 11) is 0. The zero-order valence-corrected chi connectivity index (χ0v) is 16.4. The molecule has 2 heterocycles. The summed E-state index contributed by atoms with van der Waals surface area (Å²) < 4.78 is 1.80. The first-order valence-corrected chi connectivity index (χ1v) is 9.77. The van der Waals surface area contributed by atoms with E-state index in [9.17, 15) is 4.79 Å². The Morgan fingerprint density at radius 2 is 2.00 bits per heavy atom. The third-order valence-electron chi connectivity index (χ3n) is 5.23. The van der Waals surface area contributed by atoms with Gasteiger partial charge in [0.2, 0.25) is 0 Å². The molecule has 1 aromatic heterocycles. The lowest BCUT2D eigenvalue weighted by Crippen LogP contribution is -2.45. The molecular formula is C23H23N5O. The number of carbonyl (C=O) groups is 1. The molecule has 3 aromatic rings. The maximum atomic E-state index is 13.1. The second-order valence-electron chi connectivity index (χ2n) is 7.51. The zero-order chi connectivity index (χ0) is 20.4. The molecule has 0 radical (unpaired) electrons. The van der Waals surface area contributed by atoms with Crippen LogP contribution < -0.4 is 5.73 Å². The predicted molar refractivity (Wildman–Crippen MR) is 112 cm³/mol. The van der Waals surface area contributed by atoms with Crippen molar-refractivity contribution in [2.75, 3.05) is 13.1 Å². The third-order valence-corrected chi connectivity index (χ3v) is 5.23. The summed E-state index contributed by atoms with van der Waals surface area (Å²) in [5.41, 5.74) is 10.8. The summed E-state index contributed by atoms with van der Waals surface area (Å²) in [5, 5.41) is 13.7. The van der Waals surface area contributed by atoms with Crippen LogP contribution in [-0.2, 0) is 0 Å². The number of nitriles is 1. The van der Waals surface area contributed by atoms with E-state index >= 15 is 0 Å². The molecule has 29 heavy (non-hydrogen) atoms. The third kappa shape index (κ3) is 3.91. The lowest BCUT2D eigenvalue weighted by atomic mass is 10.1. The van der Waals surface area contributed by atoms with Crippen molar-refractivity contribution in [1.82, 2.24) is 14.7 Å². The number of nitrogens with two attached hydrogens (primary N) is 1. The maximum absolute atomic E-state index is 13.1. The van der Waals surface area contributed by atoms with Crippen molar-refractivity contribution in [2.24, 2.45) is 5.73 Å². The van der Waals surface area contributed by atoms with E-state index in [1.54, 1.807) is 21.7 Å². The van der Waals surface area contributed by atoms with E-state index < -0.39 is 0 Å². The van der Waals surface area contributed by atoms with Crippen molar-refractivity contribution in [3.8, 4) is 23.0 Å². The van der Waals surface area contributed by atoms with Gasteiger partial charge in [-0.15, -0.1) is 0 Å². The number of hydrogen-bond donors (Lipinski definition) is 1. The van der Waals surface area contributed by atoms with E-state index in [-0.39, 0.29) is 11.9 Å². The van der Waals surface area contributed by atoms with Crippen LogP contribution in [0, 0.1) is 18.3 Å². The van der Waals surface area contributed by atoms with Gasteiger partial charge in [-0.25, -0.2) is 4.68 Å². The van der Waals surface area contributed by atoms with Gasteiger partial charge in [0.25, 0.3) is 5.91 Å². The van der Waals surface area contributed by atoms with Crippen molar-refractivity contribution in [2.45, 2.75) is 25.8 Å². The standard InChI is InChI=1S/C23H23N5O/c1-16-4-2-6-20(12-16)28-22(18-9-7-17(14-24)8-10-18)13-21(26-28)23(29)27-11-3-5-19(25)15-27/h2,4,6-10,12-13,19H,3,5,11,15,25H2,1H3/t19-/m1/s1. The molecule has 2 N–H and O–H groups in total. The van der Waals surface area contributed by atoms with Gasteiger partial charge in [0.05, 0.1) is 23.0 Å². The largest absolute Gasteiger partial charge is 0.336 e. The fourth-order valence-electron chi connectivity index (χ4n) is 3.72. The highest BCUT2D eigenvalue weighted by atomic mass is 16.2. The minimum atomic E-state index is -0.0959. The Labute approximate surface area is 170 Å². The van der Waals surface area contributed by atoms with Gasteiger partial charge < -0.3 is 10.6 Å². The number of rotatable bonds is 3. The summed E-state index contributed by atoms with van der Waals surface area (Å²) >= 11 is 0. The molecule has 0 unspecified atom stereocenters. The smallest absolute Gasteiger partial charge is 0.274 e. The second-order valence-corrected chi connectivity index (χ2v) is 7.51. The van der Waals surface area contributed by atoms with Gasteiger partial charge in [-0.3, -0.25) is 4.79 Å². The van der Waals surface area contributed by atoms with E-state index in [0.717, 1.165) is 35.3 Å². The van der Waals surface area contributed by atoms with Crippen molar-refractivity contribution >= 4 is 5.91 Å². The molecule has 1 saturated heterocycles. The van der Waals surface area contributed by atoms with E-state index in [2.05, 4.69) is 11.2 Å². The quantitative estimate of drug-likeness (QED) is 0.749. The average molecular weight is 385 g/mol. The van der Waals surface area contributed by atoms with E-state index in [0.29, 0.717) is 24.3 Å². The van der Waals surface area contributed by atoms with Crippen LogP contribution in [0.3, 0.4) is 0 Å². The number of carbonyl (C=O) groups excluding carboxylic acids is 1. The van der Waals surface area contributed by atoms with Crippen LogP contribution >= 0.6 is 0 Å². The molecule has 6 nitrogen and oxygen atoms in total. The van der Waals surface area contributed by atoms with Gasteiger partial charge >= 0.3 is 0 Å². The zero-order valence-electron chi connectivity index (χ0n) is 16.4. The van der Waals surface area contributed by atoms with Crippen molar-refractivity contribution in [1.29, 1.82) is 5.26 Å². The van der Waals surface area contributed by atoms with Crippen LogP contribution in [0.5, 0.6) is 0 Å². The van der Waals surface area contributed by atoms with Gasteiger partial charge in [0.1, 0.15) is 0 Å². The molecule has 1 fully saturated rings. The molecule has 146 valence electrons. The van der Waals surface area contributed by atoms with Crippen LogP contribution in [0.2, 0.25) is 0 Å². The first-order chi connectivity index (χ1) is 14.0. The Morgan fingerprint density at radius 3 is 2.69 bits per heavy atom. The number of likely N-dealkylation sites (tertiary alicyclic amines) is 1. The molecule has 0 aliphatic carbocycles. The molecule has 0 spiro atoms. The van der Waals surface area contributed by atoms with E-state index in [1.165, 1.54) is 0 Å². The fourth-order valence-corrected chi connectivity index (χ4v) is 3.72. The Hall–Kier alpha value is -3.43. The predicted octanol–water partition coefficient (Wildman–Crippen LogP) is 3.28. The van der Waals surface area contributed by atoms with Crippen molar-refractivity contribution in [3.63, 3.8) is 0 Å². The second kappa shape index (κ2) is 7.90. The lowest BCUT2D eigenvalue weighted by Gasteiger charge is -2.30. The Morgan fingerprint density at radius 1 is 1.21 bits per heavy atom. The average Bonchev–Trinajstić information content (AvgIpc) is 3.19. The summed E-state index contributed by atoms with van der Waals surface area (Å²) in [6.45, 7) is 3.29. The minimum absolute atomic E-state index is 0.0181. The molecular weight excluding hydrogens is 362 g/mol. The highest BCUT2D eigenvalue weighted by molar-refractivity contribution is 5.93. The summed E-state index contributed by atoms with van der Waals surface area (Å²) in [6, 6.07) is 19.3. The molecule has 4 rings (SSSR count). The minimum Gasteiger partial charge on any atom is -0.336 e. The summed E-state index contributed by atoms with van der Waals surface area (Å²) in [4.78, 5) is 14.9. The highest BCUT2D eigenvalue weighted by Crippen LogP contribution is 2.26. The molecule has 2 aromatic carbocycles. The van der Waals surface area contributed by atoms with Gasteiger partial charge in [0.15, 0.2) is 5.69 Å². The van der Waals surface area contributed by atoms with Crippen molar-refractivity contribution < 1.29 is 4.79 Å². The molecule has 0 saturated carbocycles. The van der Waals surface area contributed by atoms with Crippen LogP contribution in [0.4, 0.5) is 0 Å². The Balaban J connectivity index is 1.78. The van der Waals surface area contributed by atoms with Crippen LogP contribution in [-0.4, -0.2) is 39.7 Å². The van der Waals surface area contributed by atoms with Gasteiger partial charge in [-0.1, -0.05) is 24.3 Å². The number of benzene rings is 2. The molecule has 6 heteroatoms. The Bertz CT molecular complexity index is 1080. The van der Waals surface area contributed by atoms with Crippen LogP contribution in [0.25, 0.3) is 16.9 Å². The monoisotopic (exact) mass is 385 g/mol. The first-order valence-electron chi connectivity index (χ1n) is 9.77. The Kier molecular flexibility index (Phi) is 5.15. The van der Waals surface area contributed by atoms with Crippen molar-refractivity contribution in [3.05, 3.63) is 71.4 Å². The summed E-state index contributed by atoms with van der Waals surface area (Å²) in [5.74, 6) is -0.0959. The number of amides is 1. The fraction of sp³-hybridized carbons (Fsp3) is 0.261. The lowest BCUT2D eigenvalue weighted by molar-refractivity contribution is 0.0702. The number of aromatic nitrogens is 2. The summed E-state index contributed by atoms with van der Waals surface area (Å²) in [6.07, 6.45) is 1.85. The van der Waals surface area contributed by atoms with Crippen LogP contribution in [0.15, 0.2) is 54.6 Å². The number of nitrogens with zero attached hydrogens (tertiary/aromatic N) is 4. The number of aryl methyl sites for hydroxylation is 1. The normalized spacial score (nSPS) is 16.4. The molecule has 1 aliphatic heterocycles. The molecule has 1 amide bonds. The first kappa shape index (κ1) is 18.9. The number of hydrogen-bond acceptors (Lipinski definition) is 4. The molecule has 1 atom stereocenters. The maximum Gasteiger partial charge on any atom is 0.274 e. The van der Waals surface area contributed by atoms with Crippen LogP contribution in [0.1, 0.15) is 34.5 Å². The number of piperidine rings is 1. The van der Waals surface area contributed by atoms with Gasteiger partial charge in [-0.2, -0.15) is 10.4 Å². The highest BCUT2D eigenvalue weighted by Gasteiger charge is 2.25. The topological polar surface area (TPSA) is 87.9 Å².